The quantitative estimate of drug-likeness (QED) is 0.624. The van der Waals surface area contributed by atoms with Crippen LogP contribution in [-0.2, 0) is 14.8 Å². The Morgan fingerprint density at radius 1 is 1.10 bits per heavy atom. The molecular weight excluding hydrogens is 461 g/mol. The predicted octanol–water partition coefficient (Wildman–Crippen LogP) is 3.63. The van der Waals surface area contributed by atoms with E-state index in [0.29, 0.717) is 30.5 Å². The second-order valence-corrected chi connectivity index (χ2v) is 10.3. The number of carbonyl (C=O) groups is 1. The van der Waals surface area contributed by atoms with Gasteiger partial charge < -0.3 is 10.1 Å². The van der Waals surface area contributed by atoms with E-state index in [1.54, 1.807) is 12.1 Å². The van der Waals surface area contributed by atoms with E-state index in [9.17, 15) is 13.2 Å². The summed E-state index contributed by atoms with van der Waals surface area (Å²) in [6, 6.07) is 10.4. The van der Waals surface area contributed by atoms with Crippen LogP contribution in [0.3, 0.4) is 0 Å². The molecule has 168 valence electrons. The molecule has 31 heavy (non-hydrogen) atoms. The van der Waals surface area contributed by atoms with Crippen molar-refractivity contribution in [3.05, 3.63) is 58.1 Å². The number of morpholine rings is 1. The van der Waals surface area contributed by atoms with Crippen molar-refractivity contribution in [2.75, 3.05) is 37.6 Å². The third-order valence-corrected chi connectivity index (χ3v) is 7.24. The minimum atomic E-state index is -4.00. The van der Waals surface area contributed by atoms with Gasteiger partial charge in [-0.05, 0) is 56.3 Å². The van der Waals surface area contributed by atoms with Crippen LogP contribution in [0.25, 0.3) is 0 Å². The van der Waals surface area contributed by atoms with Crippen molar-refractivity contribution in [3.8, 4) is 0 Å². The highest BCUT2D eigenvalue weighted by atomic mass is 35.5. The van der Waals surface area contributed by atoms with Crippen molar-refractivity contribution in [2.24, 2.45) is 0 Å². The standard InChI is InChI=1S/C21H25Cl2N3O4S/c1-21(2,26-9-11-30-12-10-26)14-24-20(27)15-3-8-18(23)19(13-15)31(28,29)25-17-6-4-16(22)5-7-17/h3-8,13,25H,9-12,14H2,1-2H3,(H,24,27). The van der Waals surface area contributed by atoms with E-state index in [-0.39, 0.29) is 26.9 Å². The summed E-state index contributed by atoms with van der Waals surface area (Å²) >= 11 is 12.0. The molecule has 7 nitrogen and oxygen atoms in total. The number of carbonyl (C=O) groups excluding carboxylic acids is 1. The number of hydrogen-bond acceptors (Lipinski definition) is 5. The van der Waals surface area contributed by atoms with Gasteiger partial charge in [-0.1, -0.05) is 23.2 Å². The molecule has 0 spiro atoms. The van der Waals surface area contributed by atoms with Crippen LogP contribution in [0.1, 0.15) is 24.2 Å². The van der Waals surface area contributed by atoms with E-state index in [1.807, 2.05) is 13.8 Å². The van der Waals surface area contributed by atoms with Gasteiger partial charge in [0.25, 0.3) is 15.9 Å². The normalized spacial score (nSPS) is 15.5. The average molecular weight is 486 g/mol. The molecule has 10 heteroatoms. The van der Waals surface area contributed by atoms with Crippen molar-refractivity contribution in [2.45, 2.75) is 24.3 Å². The molecule has 0 saturated carbocycles. The Labute approximate surface area is 192 Å². The third-order valence-electron chi connectivity index (χ3n) is 5.13. The highest BCUT2D eigenvalue weighted by Crippen LogP contribution is 2.26. The summed E-state index contributed by atoms with van der Waals surface area (Å²) in [5.74, 6) is -0.374. The van der Waals surface area contributed by atoms with E-state index in [2.05, 4.69) is 14.9 Å². The number of ether oxygens (including phenoxy) is 1. The van der Waals surface area contributed by atoms with E-state index in [0.717, 1.165) is 13.1 Å². The summed E-state index contributed by atoms with van der Waals surface area (Å²) in [6.45, 7) is 7.41. The molecule has 1 fully saturated rings. The molecule has 0 aliphatic carbocycles. The molecule has 2 aromatic rings. The van der Waals surface area contributed by atoms with Gasteiger partial charge in [-0.2, -0.15) is 0 Å². The molecule has 1 heterocycles. The lowest BCUT2D eigenvalue weighted by Gasteiger charge is -2.40. The van der Waals surface area contributed by atoms with Crippen LogP contribution < -0.4 is 10.0 Å². The monoisotopic (exact) mass is 485 g/mol. The number of nitrogens with one attached hydrogen (secondary N) is 2. The number of rotatable bonds is 7. The van der Waals surface area contributed by atoms with Gasteiger partial charge in [0.15, 0.2) is 0 Å². The van der Waals surface area contributed by atoms with Gasteiger partial charge in [0.2, 0.25) is 0 Å². The first-order valence-corrected chi connectivity index (χ1v) is 12.0. The van der Waals surface area contributed by atoms with Crippen LogP contribution in [0, 0.1) is 0 Å². The van der Waals surface area contributed by atoms with Crippen LogP contribution in [0.5, 0.6) is 0 Å². The summed E-state index contributed by atoms with van der Waals surface area (Å²) in [5.41, 5.74) is 0.276. The maximum atomic E-state index is 12.8. The first-order valence-electron chi connectivity index (χ1n) is 9.77. The molecule has 2 N–H and O–H groups in total. The smallest absolute Gasteiger partial charge is 0.263 e. The van der Waals surface area contributed by atoms with Crippen LogP contribution in [0.4, 0.5) is 5.69 Å². The topological polar surface area (TPSA) is 87.7 Å². The van der Waals surface area contributed by atoms with E-state index < -0.39 is 10.0 Å². The molecule has 0 aromatic heterocycles. The van der Waals surface area contributed by atoms with Gasteiger partial charge in [0, 0.05) is 41.4 Å². The lowest BCUT2D eigenvalue weighted by atomic mass is 10.0. The Bertz CT molecular complexity index is 1040. The third kappa shape index (κ3) is 6.11. The fraction of sp³-hybridized carbons (Fsp3) is 0.381. The Balaban J connectivity index is 1.73. The van der Waals surface area contributed by atoms with Gasteiger partial charge >= 0.3 is 0 Å². The van der Waals surface area contributed by atoms with Crippen molar-refractivity contribution < 1.29 is 17.9 Å². The first-order chi connectivity index (χ1) is 14.6. The molecule has 1 aliphatic heterocycles. The molecule has 2 aromatic carbocycles. The zero-order valence-corrected chi connectivity index (χ0v) is 19.6. The minimum absolute atomic E-state index is 0.0201. The van der Waals surface area contributed by atoms with Crippen LogP contribution in [0.2, 0.25) is 10.0 Å². The Hall–Kier alpha value is -1.84. The second kappa shape index (κ2) is 9.75. The molecule has 1 saturated heterocycles. The Morgan fingerprint density at radius 2 is 1.74 bits per heavy atom. The first kappa shape index (κ1) is 23.8. The van der Waals surface area contributed by atoms with Crippen molar-refractivity contribution in [1.29, 1.82) is 0 Å². The van der Waals surface area contributed by atoms with E-state index in [4.69, 9.17) is 27.9 Å². The molecule has 1 amide bonds. The molecule has 0 atom stereocenters. The predicted molar refractivity (Wildman–Crippen MR) is 123 cm³/mol. The second-order valence-electron chi connectivity index (χ2n) is 7.85. The summed E-state index contributed by atoms with van der Waals surface area (Å²) in [5, 5.41) is 3.40. The number of anilines is 1. The molecule has 0 bridgehead atoms. The maximum absolute atomic E-state index is 12.8. The maximum Gasteiger partial charge on any atom is 0.263 e. The van der Waals surface area contributed by atoms with Crippen LogP contribution in [-0.4, -0.2) is 57.6 Å². The zero-order chi connectivity index (χ0) is 22.6. The molecule has 1 aliphatic rings. The Morgan fingerprint density at radius 3 is 2.39 bits per heavy atom. The number of nitrogens with zero attached hydrogens (tertiary/aromatic N) is 1. The summed E-state index contributed by atoms with van der Waals surface area (Å²) < 4.78 is 33.5. The van der Waals surface area contributed by atoms with Crippen LogP contribution in [0.15, 0.2) is 47.4 Å². The summed E-state index contributed by atoms with van der Waals surface area (Å²) in [7, 11) is -4.00. The molecule has 0 radical (unpaired) electrons. The summed E-state index contributed by atoms with van der Waals surface area (Å²) in [4.78, 5) is 14.8. The van der Waals surface area contributed by atoms with E-state index in [1.165, 1.54) is 30.3 Å². The Kier molecular flexibility index (Phi) is 7.49. The lowest BCUT2D eigenvalue weighted by molar-refractivity contribution is -0.00923. The zero-order valence-electron chi connectivity index (χ0n) is 17.3. The number of sulfonamides is 1. The summed E-state index contributed by atoms with van der Waals surface area (Å²) in [6.07, 6.45) is 0. The van der Waals surface area contributed by atoms with Crippen molar-refractivity contribution in [1.82, 2.24) is 10.2 Å². The highest BCUT2D eigenvalue weighted by molar-refractivity contribution is 7.92. The number of halogens is 2. The SMILES string of the molecule is CC(C)(CNC(=O)c1ccc(Cl)c(S(=O)(=O)Nc2ccc(Cl)cc2)c1)N1CCOCC1. The molecular formula is C21H25Cl2N3O4S. The molecule has 3 rings (SSSR count). The van der Waals surface area contributed by atoms with Crippen LogP contribution >= 0.6 is 23.2 Å². The van der Waals surface area contributed by atoms with Gasteiger partial charge in [-0.15, -0.1) is 0 Å². The lowest BCUT2D eigenvalue weighted by Crippen LogP contribution is -2.55. The largest absolute Gasteiger partial charge is 0.379 e. The van der Waals surface area contributed by atoms with Gasteiger partial charge in [-0.25, -0.2) is 8.42 Å². The number of amides is 1. The van der Waals surface area contributed by atoms with Crippen molar-refractivity contribution >= 4 is 44.8 Å². The molecule has 0 unspecified atom stereocenters. The fourth-order valence-corrected chi connectivity index (χ4v) is 4.97. The number of benzene rings is 2. The van der Waals surface area contributed by atoms with Gasteiger partial charge in [-0.3, -0.25) is 14.4 Å². The number of hydrogen-bond donors (Lipinski definition) is 2. The van der Waals surface area contributed by atoms with Gasteiger partial charge in [0.05, 0.1) is 18.2 Å². The minimum Gasteiger partial charge on any atom is -0.379 e. The van der Waals surface area contributed by atoms with Gasteiger partial charge in [0.1, 0.15) is 4.90 Å². The van der Waals surface area contributed by atoms with Crippen molar-refractivity contribution in [3.63, 3.8) is 0 Å². The highest BCUT2D eigenvalue weighted by Gasteiger charge is 2.29. The fourth-order valence-electron chi connectivity index (χ4n) is 3.26. The average Bonchev–Trinajstić information content (AvgIpc) is 2.74. The van der Waals surface area contributed by atoms with E-state index >= 15 is 0 Å².